The third kappa shape index (κ3) is 3.34. The van der Waals surface area contributed by atoms with Crippen molar-refractivity contribution < 1.29 is 9.13 Å². The zero-order valence-electron chi connectivity index (χ0n) is 10.8. The number of ether oxygens (including phenoxy) is 1. The van der Waals surface area contributed by atoms with E-state index in [1.165, 1.54) is 12.1 Å². The molecule has 0 radical (unpaired) electrons. The summed E-state index contributed by atoms with van der Waals surface area (Å²) in [4.78, 5) is 4.33. The Kier molecular flexibility index (Phi) is 4.08. The van der Waals surface area contributed by atoms with Gasteiger partial charge in [0.1, 0.15) is 23.3 Å². The molecule has 21 heavy (non-hydrogen) atoms. The molecule has 0 aliphatic heterocycles. The molecule has 2 aromatic carbocycles. The molecule has 3 rings (SSSR count). The molecule has 1 heterocycles. The average molecular weight is 367 g/mol. The van der Waals surface area contributed by atoms with Crippen molar-refractivity contribution >= 4 is 38.4 Å². The maximum absolute atomic E-state index is 13.3. The number of hydrogen-bond donors (Lipinski definition) is 0. The second-order valence-corrected chi connectivity index (χ2v) is 5.80. The Morgan fingerprint density at radius 2 is 1.95 bits per heavy atom. The lowest BCUT2D eigenvalue weighted by atomic mass is 10.2. The van der Waals surface area contributed by atoms with E-state index in [1.54, 1.807) is 6.07 Å². The fourth-order valence-corrected chi connectivity index (χ4v) is 2.65. The summed E-state index contributed by atoms with van der Waals surface area (Å²) in [6, 6.07) is 14.0. The molecular weight excluding hydrogens is 357 g/mol. The first-order valence-corrected chi connectivity index (χ1v) is 7.42. The summed E-state index contributed by atoms with van der Waals surface area (Å²) in [7, 11) is 0. The summed E-state index contributed by atoms with van der Waals surface area (Å²) in [5.41, 5.74) is 1.59. The molecule has 0 aliphatic rings. The second kappa shape index (κ2) is 6.00. The Labute approximate surface area is 134 Å². The van der Waals surface area contributed by atoms with E-state index in [-0.39, 0.29) is 12.4 Å². The maximum Gasteiger partial charge on any atom is 0.136 e. The second-order valence-electron chi connectivity index (χ2n) is 4.52. The van der Waals surface area contributed by atoms with Gasteiger partial charge >= 0.3 is 0 Å². The monoisotopic (exact) mass is 365 g/mol. The zero-order chi connectivity index (χ0) is 14.8. The van der Waals surface area contributed by atoms with E-state index in [1.807, 2.05) is 30.3 Å². The molecule has 0 spiro atoms. The quantitative estimate of drug-likeness (QED) is 0.581. The minimum Gasteiger partial charge on any atom is -0.489 e. The molecule has 2 nitrogen and oxygen atoms in total. The summed E-state index contributed by atoms with van der Waals surface area (Å²) in [6.07, 6.45) is 0. The van der Waals surface area contributed by atoms with E-state index in [0.717, 1.165) is 16.5 Å². The summed E-state index contributed by atoms with van der Waals surface area (Å²) in [6.45, 7) is 0.229. The molecule has 3 aromatic rings. The molecule has 0 amide bonds. The number of hydrogen-bond acceptors (Lipinski definition) is 2. The Balaban J connectivity index is 1.86. The van der Waals surface area contributed by atoms with Crippen molar-refractivity contribution in [3.8, 4) is 5.75 Å². The Bertz CT molecular complexity index is 789. The third-order valence-electron chi connectivity index (χ3n) is 2.98. The van der Waals surface area contributed by atoms with Crippen LogP contribution in [0.3, 0.4) is 0 Å². The van der Waals surface area contributed by atoms with Gasteiger partial charge < -0.3 is 4.74 Å². The first kappa shape index (κ1) is 14.3. The predicted octanol–water partition coefficient (Wildman–Crippen LogP) is 5.37. The van der Waals surface area contributed by atoms with E-state index in [9.17, 15) is 4.39 Å². The molecule has 0 N–H and O–H groups in total. The summed E-state index contributed by atoms with van der Waals surface area (Å²) in [5.74, 6) is 0.0770. The fourth-order valence-electron chi connectivity index (χ4n) is 2.01. The van der Waals surface area contributed by atoms with Gasteiger partial charge in [-0.05, 0) is 24.3 Å². The molecule has 1 aromatic heterocycles. The first-order chi connectivity index (χ1) is 10.1. The molecule has 0 atom stereocenters. The number of benzene rings is 2. The van der Waals surface area contributed by atoms with Crippen LogP contribution in [0.1, 0.15) is 5.56 Å². The van der Waals surface area contributed by atoms with Gasteiger partial charge in [0.2, 0.25) is 0 Å². The van der Waals surface area contributed by atoms with Crippen LogP contribution >= 0.6 is 27.5 Å². The first-order valence-electron chi connectivity index (χ1n) is 6.25. The molecule has 0 bridgehead atoms. The highest BCUT2D eigenvalue weighted by molar-refractivity contribution is 9.10. The fraction of sp³-hybridized carbons (Fsp3) is 0.0625. The zero-order valence-corrected chi connectivity index (χ0v) is 13.2. The topological polar surface area (TPSA) is 22.1 Å². The van der Waals surface area contributed by atoms with Gasteiger partial charge in [0, 0.05) is 21.5 Å². The number of halogens is 3. The highest BCUT2D eigenvalue weighted by Crippen LogP contribution is 2.24. The highest BCUT2D eigenvalue weighted by atomic mass is 79.9. The number of nitrogens with zero attached hydrogens (tertiary/aromatic N) is 1. The minimum absolute atomic E-state index is 0.229. The van der Waals surface area contributed by atoms with E-state index in [2.05, 4.69) is 20.9 Å². The van der Waals surface area contributed by atoms with Crippen molar-refractivity contribution in [2.75, 3.05) is 0 Å². The van der Waals surface area contributed by atoms with Crippen molar-refractivity contribution in [2.45, 2.75) is 6.61 Å². The molecule has 106 valence electrons. The molecular formula is C16H10BrClFNO. The molecule has 0 fully saturated rings. The highest BCUT2D eigenvalue weighted by Gasteiger charge is 2.07. The number of aromatic nitrogens is 1. The van der Waals surface area contributed by atoms with E-state index < -0.39 is 0 Å². The van der Waals surface area contributed by atoms with Crippen molar-refractivity contribution in [1.82, 2.24) is 4.98 Å². The lowest BCUT2D eigenvalue weighted by molar-refractivity contribution is 0.304. The van der Waals surface area contributed by atoms with Crippen LogP contribution in [0.25, 0.3) is 10.9 Å². The van der Waals surface area contributed by atoms with Crippen molar-refractivity contribution in [3.63, 3.8) is 0 Å². The lowest BCUT2D eigenvalue weighted by Gasteiger charge is -2.09. The van der Waals surface area contributed by atoms with Crippen molar-refractivity contribution in [2.24, 2.45) is 0 Å². The Morgan fingerprint density at radius 1 is 1.14 bits per heavy atom. The van der Waals surface area contributed by atoms with E-state index in [4.69, 9.17) is 16.3 Å². The van der Waals surface area contributed by atoms with E-state index in [0.29, 0.717) is 15.4 Å². The van der Waals surface area contributed by atoms with Gasteiger partial charge in [-0.3, -0.25) is 0 Å². The van der Waals surface area contributed by atoms with Gasteiger partial charge in [-0.25, -0.2) is 9.37 Å². The molecule has 0 saturated heterocycles. The summed E-state index contributed by atoms with van der Waals surface area (Å²) < 4.78 is 19.5. The summed E-state index contributed by atoms with van der Waals surface area (Å²) >= 11 is 9.39. The minimum atomic E-state index is -0.359. The molecule has 0 unspecified atom stereocenters. The van der Waals surface area contributed by atoms with Gasteiger partial charge in [-0.1, -0.05) is 45.7 Å². The maximum atomic E-state index is 13.3. The summed E-state index contributed by atoms with van der Waals surface area (Å²) in [5, 5.41) is 1.38. The van der Waals surface area contributed by atoms with Gasteiger partial charge in [0.25, 0.3) is 0 Å². The molecule has 0 aliphatic carbocycles. The van der Waals surface area contributed by atoms with Crippen LogP contribution in [0, 0.1) is 5.82 Å². The average Bonchev–Trinajstić information content (AvgIpc) is 2.44. The number of fused-ring (bicyclic) bond motifs is 1. The Morgan fingerprint density at radius 3 is 2.76 bits per heavy atom. The number of rotatable bonds is 3. The number of para-hydroxylation sites is 1. The van der Waals surface area contributed by atoms with Crippen molar-refractivity contribution in [1.29, 1.82) is 0 Å². The largest absolute Gasteiger partial charge is 0.489 e. The standard InChI is InChI=1S/C16H10BrClFNO/c17-12-6-13(19)8-14(7-12)21-9-11-5-10-3-1-2-4-15(10)20-16(11)18/h1-8H,9H2. The molecule has 5 heteroatoms. The van der Waals surface area contributed by atoms with Crippen molar-refractivity contribution in [3.05, 3.63) is 69.5 Å². The van der Waals surface area contributed by atoms with Crippen LogP contribution in [-0.2, 0) is 6.61 Å². The van der Waals surface area contributed by atoms with Crippen LogP contribution < -0.4 is 4.74 Å². The third-order valence-corrected chi connectivity index (χ3v) is 3.77. The van der Waals surface area contributed by atoms with Crippen LogP contribution in [0.2, 0.25) is 5.15 Å². The van der Waals surface area contributed by atoms with Gasteiger partial charge in [0.05, 0.1) is 5.52 Å². The molecule has 0 saturated carbocycles. The van der Waals surface area contributed by atoms with E-state index >= 15 is 0 Å². The SMILES string of the molecule is Fc1cc(Br)cc(OCc2cc3ccccc3nc2Cl)c1. The van der Waals surface area contributed by atoms with Crippen LogP contribution in [0.5, 0.6) is 5.75 Å². The smallest absolute Gasteiger partial charge is 0.136 e. The number of pyridine rings is 1. The van der Waals surface area contributed by atoms with Gasteiger partial charge in [-0.2, -0.15) is 0 Å². The van der Waals surface area contributed by atoms with Crippen LogP contribution in [0.4, 0.5) is 4.39 Å². The van der Waals surface area contributed by atoms with Gasteiger partial charge in [0.15, 0.2) is 0 Å². The lowest BCUT2D eigenvalue weighted by Crippen LogP contribution is -1.98. The Hall–Kier alpha value is -1.65. The predicted molar refractivity (Wildman–Crippen MR) is 85.2 cm³/mol. The van der Waals surface area contributed by atoms with Crippen LogP contribution in [0.15, 0.2) is 53.0 Å². The van der Waals surface area contributed by atoms with Crippen LogP contribution in [-0.4, -0.2) is 4.98 Å². The normalized spacial score (nSPS) is 10.8. The van der Waals surface area contributed by atoms with Gasteiger partial charge in [-0.15, -0.1) is 0 Å².